The van der Waals surface area contributed by atoms with Crippen LogP contribution in [-0.4, -0.2) is 147 Å². The lowest BCUT2D eigenvalue weighted by Gasteiger charge is -2.42. The van der Waals surface area contributed by atoms with Crippen LogP contribution in [0, 0.1) is 35.5 Å². The molecule has 0 aromatic heterocycles. The summed E-state index contributed by atoms with van der Waals surface area (Å²) in [6, 6.07) is -0.394. The molecule has 3 fully saturated rings. The molecule has 3 aliphatic rings. The van der Waals surface area contributed by atoms with Crippen LogP contribution in [0.4, 0.5) is 0 Å². The zero-order valence-electron chi connectivity index (χ0n) is 46.7. The fourth-order valence-corrected chi connectivity index (χ4v) is 11.7. The second-order valence-electron chi connectivity index (χ2n) is 22.6. The van der Waals surface area contributed by atoms with Gasteiger partial charge in [0.15, 0.2) is 14.6 Å². The number of ether oxygens (including phenoxy) is 6. The summed E-state index contributed by atoms with van der Waals surface area (Å²) in [7, 11) is 2.40. The molecular weight excluding hydrogens is 951 g/mol. The summed E-state index contributed by atoms with van der Waals surface area (Å²) in [5.74, 6) is -6.12. The zero-order valence-corrected chi connectivity index (χ0v) is 47.7. The monoisotopic (exact) mass is 1050 g/mol. The molecule has 0 unspecified atom stereocenters. The smallest absolute Gasteiger partial charge is 0.329 e. The number of aliphatic hydroxyl groups is 2. The molecule has 3 rings (SSSR count). The first-order chi connectivity index (χ1) is 34.4. The summed E-state index contributed by atoms with van der Waals surface area (Å²) in [6.07, 6.45) is 14.9. The highest BCUT2D eigenvalue weighted by Crippen LogP contribution is 2.38. The zero-order chi connectivity index (χ0) is 54.6. The lowest BCUT2D eigenvalue weighted by atomic mass is 9.78. The number of aldehydes is 1. The topological polar surface area (TPSA) is 205 Å². The van der Waals surface area contributed by atoms with Crippen molar-refractivity contribution in [2.75, 3.05) is 34.5 Å². The Morgan fingerprint density at radius 3 is 2.23 bits per heavy atom. The van der Waals surface area contributed by atoms with Crippen molar-refractivity contribution >= 4 is 38.0 Å². The lowest BCUT2D eigenvalue weighted by molar-refractivity contribution is -0.265. The van der Waals surface area contributed by atoms with E-state index in [4.69, 9.17) is 28.4 Å². The van der Waals surface area contributed by atoms with Crippen LogP contribution in [0.25, 0.3) is 0 Å². The van der Waals surface area contributed by atoms with E-state index < -0.39 is 74.1 Å². The number of amides is 1. The standard InChI is InChI=1S/C57H95NO14Si/c1-37(2)30-38(3)20-15-14-16-21-39(4)49(67-9)34-45-25-23-43(8)57(65,72-45)54(62)55(63)58-27-18-17-22-46(58)56(64)71-50(35-47(60)40(5)31-42(7)53(61)52(36-59)69-11)41(6)32-44-24-26-48(51(33-44)68-10)70-28-19-29-73(12,13)66/h14-16,20-21,31,36-38,40-41,43-46,48-53,61,65-66H,17-19,22-30,32-35H2,1-13H3/b16-14+,20-15+,39-21+,42-31+/t38-,40-,41+,43-,44+,45+,46+,48-,49+,50+,51-,52+,53-,57-/m1/s1. The molecule has 0 aromatic carbocycles. The van der Waals surface area contributed by atoms with Crippen LogP contribution in [0.3, 0.4) is 0 Å². The number of esters is 1. The molecular formula is C57H95NO14Si. The number of piperidine rings is 1. The number of allylic oxidation sites excluding steroid dienone is 6. The number of likely N-dealkylation sites (tertiary alicyclic amines) is 1. The van der Waals surface area contributed by atoms with Gasteiger partial charge in [0.2, 0.25) is 5.79 Å². The number of Topliss-reactive ketones (excluding diaryl/α,β-unsaturated/α-hetero) is 2. The van der Waals surface area contributed by atoms with Gasteiger partial charge in [-0.05, 0) is 138 Å². The molecule has 2 heterocycles. The summed E-state index contributed by atoms with van der Waals surface area (Å²) in [6.45, 7) is 19.9. The van der Waals surface area contributed by atoms with Crippen LogP contribution in [0.2, 0.25) is 19.1 Å². The van der Waals surface area contributed by atoms with E-state index in [2.05, 4.69) is 26.8 Å². The van der Waals surface area contributed by atoms with Gasteiger partial charge in [0, 0.05) is 59.2 Å². The molecule has 16 heteroatoms. The second kappa shape index (κ2) is 31.1. The highest BCUT2D eigenvalue weighted by molar-refractivity contribution is 6.69. The Balaban J connectivity index is 1.81. The van der Waals surface area contributed by atoms with Crippen LogP contribution in [0.15, 0.2) is 47.6 Å². The Hall–Kier alpha value is -3.19. The second-order valence-corrected chi connectivity index (χ2v) is 26.7. The summed E-state index contributed by atoms with van der Waals surface area (Å²) >= 11 is 0. The Kier molecular flexibility index (Phi) is 27.3. The van der Waals surface area contributed by atoms with Crippen molar-refractivity contribution < 1.29 is 67.4 Å². The molecule has 2 aliphatic heterocycles. The summed E-state index contributed by atoms with van der Waals surface area (Å²) in [4.78, 5) is 80.2. The number of methoxy groups -OCH3 is 3. The first kappa shape index (κ1) is 64.1. The predicted octanol–water partition coefficient (Wildman–Crippen LogP) is 8.43. The largest absolute Gasteiger partial charge is 0.460 e. The number of hydrogen-bond acceptors (Lipinski definition) is 14. The van der Waals surface area contributed by atoms with Crippen molar-refractivity contribution in [3.8, 4) is 0 Å². The molecule has 416 valence electrons. The first-order valence-corrected chi connectivity index (χ1v) is 30.3. The van der Waals surface area contributed by atoms with Gasteiger partial charge in [0.1, 0.15) is 30.1 Å². The van der Waals surface area contributed by atoms with Gasteiger partial charge in [0.25, 0.3) is 11.7 Å². The van der Waals surface area contributed by atoms with E-state index in [-0.39, 0.29) is 55.3 Å². The van der Waals surface area contributed by atoms with Crippen LogP contribution < -0.4 is 0 Å². The molecule has 14 atom stereocenters. The number of nitrogens with zero attached hydrogens (tertiary/aromatic N) is 1. The Bertz CT molecular complexity index is 1880. The highest BCUT2D eigenvalue weighted by atomic mass is 28.4. The average molecular weight is 1050 g/mol. The minimum Gasteiger partial charge on any atom is -0.460 e. The molecule has 0 bridgehead atoms. The molecule has 0 radical (unpaired) electrons. The fourth-order valence-electron chi connectivity index (χ4n) is 10.7. The van der Waals surface area contributed by atoms with Gasteiger partial charge in [-0.2, -0.15) is 0 Å². The molecule has 73 heavy (non-hydrogen) atoms. The molecule has 0 aromatic rings. The summed E-state index contributed by atoms with van der Waals surface area (Å²) in [5.41, 5.74) is 1.31. The maximum atomic E-state index is 14.5. The molecule has 1 saturated carbocycles. The lowest BCUT2D eigenvalue weighted by Crippen LogP contribution is -2.61. The quantitative estimate of drug-likeness (QED) is 0.0118. The van der Waals surface area contributed by atoms with Crippen LogP contribution in [-0.2, 0) is 52.4 Å². The van der Waals surface area contributed by atoms with E-state index in [0.29, 0.717) is 75.2 Å². The third kappa shape index (κ3) is 20.4. The molecule has 1 amide bonds. The van der Waals surface area contributed by atoms with E-state index in [1.54, 1.807) is 41.1 Å². The van der Waals surface area contributed by atoms with E-state index >= 15 is 0 Å². The van der Waals surface area contributed by atoms with Crippen molar-refractivity contribution in [3.63, 3.8) is 0 Å². The van der Waals surface area contributed by atoms with Crippen molar-refractivity contribution in [2.24, 2.45) is 35.5 Å². The van der Waals surface area contributed by atoms with Crippen molar-refractivity contribution in [1.29, 1.82) is 0 Å². The molecule has 0 spiro atoms. The predicted molar refractivity (Wildman–Crippen MR) is 285 cm³/mol. The SMILES string of the molecule is CO[C@@H](C[C@@H]1CC[C@@H](C)[C@](O)(C(=O)C(=O)N2CCCC[C@H]2C(=O)O[C@@H](CC(=O)[C@H](C)/C=C(\C)[C@@H](O)[C@H](C=O)OC)[C@@H](C)C[C@@H]2CC[C@@H](OCCC[Si](C)(C)O)[C@H](OC)C2)O1)/C(C)=C/C=C/C=C/[C@@H](C)CC(C)C. The van der Waals surface area contributed by atoms with Gasteiger partial charge in [-0.15, -0.1) is 0 Å². The van der Waals surface area contributed by atoms with Crippen molar-refractivity contribution in [3.05, 3.63) is 47.6 Å². The minimum atomic E-state index is -2.44. The average Bonchev–Trinajstić information content (AvgIpc) is 3.34. The first-order valence-electron chi connectivity index (χ1n) is 27.1. The molecule has 15 nitrogen and oxygen atoms in total. The Labute approximate surface area is 439 Å². The van der Waals surface area contributed by atoms with Crippen molar-refractivity contribution in [2.45, 2.75) is 213 Å². The van der Waals surface area contributed by atoms with E-state index in [9.17, 15) is 39.0 Å². The van der Waals surface area contributed by atoms with Crippen LogP contribution in [0.5, 0.6) is 0 Å². The summed E-state index contributed by atoms with van der Waals surface area (Å²) < 4.78 is 35.6. The van der Waals surface area contributed by atoms with Gasteiger partial charge < -0.3 is 53.1 Å². The van der Waals surface area contributed by atoms with E-state index in [1.165, 1.54) is 12.0 Å². The number of ketones is 2. The Morgan fingerprint density at radius 1 is 0.890 bits per heavy atom. The van der Waals surface area contributed by atoms with Crippen LogP contribution >= 0.6 is 0 Å². The van der Waals surface area contributed by atoms with Gasteiger partial charge in [-0.3, -0.25) is 14.4 Å². The van der Waals surface area contributed by atoms with Crippen LogP contribution in [0.1, 0.15) is 139 Å². The third-order valence-electron chi connectivity index (χ3n) is 15.2. The fraction of sp³-hybridized carbons (Fsp3) is 0.772. The van der Waals surface area contributed by atoms with Crippen molar-refractivity contribution in [1.82, 2.24) is 4.90 Å². The highest BCUT2D eigenvalue weighted by Gasteiger charge is 2.53. The maximum absolute atomic E-state index is 14.5. The number of aliphatic hydroxyl groups excluding tert-OH is 1. The molecule has 3 N–H and O–H groups in total. The van der Waals surface area contributed by atoms with Gasteiger partial charge in [0.05, 0.1) is 24.4 Å². The van der Waals surface area contributed by atoms with Gasteiger partial charge >= 0.3 is 5.97 Å². The Morgan fingerprint density at radius 2 is 1.60 bits per heavy atom. The number of carbonyl (C=O) groups excluding carboxylic acids is 5. The van der Waals surface area contributed by atoms with Gasteiger partial charge in [-0.1, -0.05) is 78.0 Å². The van der Waals surface area contributed by atoms with E-state index in [1.807, 2.05) is 51.2 Å². The van der Waals surface area contributed by atoms with E-state index in [0.717, 1.165) is 37.3 Å². The number of hydrogen-bond donors (Lipinski definition) is 3. The minimum absolute atomic E-state index is 0.0859. The maximum Gasteiger partial charge on any atom is 0.329 e. The van der Waals surface area contributed by atoms with Gasteiger partial charge in [-0.25, -0.2) is 4.79 Å². The summed E-state index contributed by atoms with van der Waals surface area (Å²) in [5, 5.41) is 22.7. The molecule has 2 saturated heterocycles. The normalized spacial score (nSPS) is 27.6. The third-order valence-corrected chi connectivity index (χ3v) is 16.8. The molecule has 1 aliphatic carbocycles. The number of rotatable bonds is 30. The number of carbonyl (C=O) groups is 5.